The number of aryl methyl sites for hydroxylation is 1. The molecular weight excluding hydrogens is 534 g/mol. The maximum absolute atomic E-state index is 15.3. The van der Waals surface area contributed by atoms with E-state index >= 15 is 4.39 Å². The lowest BCUT2D eigenvalue weighted by molar-refractivity contribution is 0.0501. The highest BCUT2D eigenvalue weighted by atomic mass is 19.1. The van der Waals surface area contributed by atoms with Crippen LogP contribution in [0.3, 0.4) is 0 Å². The number of tetrazole rings is 1. The highest BCUT2D eigenvalue weighted by Crippen LogP contribution is 2.39. The lowest BCUT2D eigenvalue weighted by Gasteiger charge is -2.47. The Balaban J connectivity index is 1.44. The maximum atomic E-state index is 15.3. The van der Waals surface area contributed by atoms with E-state index in [0.29, 0.717) is 11.9 Å². The standard InChI is InChI=1S/C27H34F2N10O2/c1-26(2,29)15-41-22-10-19(28)20(11-21(22)39-25(40)37(5)35-36-39)33-24-31-14-16(13-30)23(34-24)32-17-9-18-7-6-8-38(18)27(3,4)12-17/h10-11,14,17-18H,6-9,12,15H2,1-5H3,(H2,31,32,33,34). The molecule has 4 heterocycles. The molecule has 2 atom stereocenters. The summed E-state index contributed by atoms with van der Waals surface area (Å²) in [5.41, 5.74) is -2.07. The minimum absolute atomic E-state index is 0.0110. The molecule has 0 saturated carbocycles. The molecule has 2 aromatic heterocycles. The fourth-order valence-electron chi connectivity index (χ4n) is 5.70. The minimum Gasteiger partial charge on any atom is -0.488 e. The summed E-state index contributed by atoms with van der Waals surface area (Å²) in [5, 5.41) is 23.5. The molecule has 14 heteroatoms. The van der Waals surface area contributed by atoms with Crippen molar-refractivity contribution in [2.75, 3.05) is 23.8 Å². The number of alkyl halides is 1. The fourth-order valence-corrected chi connectivity index (χ4v) is 5.70. The number of halogens is 2. The second kappa shape index (κ2) is 10.7. The monoisotopic (exact) mass is 568 g/mol. The molecule has 0 bridgehead atoms. The molecule has 5 rings (SSSR count). The highest BCUT2D eigenvalue weighted by molar-refractivity contribution is 5.64. The van der Waals surface area contributed by atoms with Gasteiger partial charge in [-0.1, -0.05) is 0 Å². The highest BCUT2D eigenvalue weighted by Gasteiger charge is 2.43. The second-order valence-corrected chi connectivity index (χ2v) is 11.9. The predicted molar refractivity (Wildman–Crippen MR) is 148 cm³/mol. The van der Waals surface area contributed by atoms with Crippen molar-refractivity contribution in [3.63, 3.8) is 0 Å². The van der Waals surface area contributed by atoms with Crippen LogP contribution >= 0.6 is 0 Å². The molecule has 41 heavy (non-hydrogen) atoms. The van der Waals surface area contributed by atoms with Gasteiger partial charge < -0.3 is 15.4 Å². The van der Waals surface area contributed by atoms with Crippen LogP contribution < -0.4 is 21.1 Å². The third kappa shape index (κ3) is 6.00. The van der Waals surface area contributed by atoms with E-state index < -0.39 is 17.2 Å². The summed E-state index contributed by atoms with van der Waals surface area (Å²) in [6.45, 7) is 7.83. The Bertz CT molecular complexity index is 1540. The van der Waals surface area contributed by atoms with E-state index in [-0.39, 0.29) is 46.8 Å². The molecule has 218 valence electrons. The van der Waals surface area contributed by atoms with Gasteiger partial charge in [0.05, 0.1) is 11.9 Å². The summed E-state index contributed by atoms with van der Waals surface area (Å²) in [6, 6.07) is 5.02. The Morgan fingerprint density at radius 1 is 1.29 bits per heavy atom. The summed E-state index contributed by atoms with van der Waals surface area (Å²) in [5.74, 6) is -0.451. The quantitative estimate of drug-likeness (QED) is 0.415. The van der Waals surface area contributed by atoms with Gasteiger partial charge in [0, 0.05) is 30.7 Å². The molecule has 0 amide bonds. The molecule has 2 saturated heterocycles. The first kappa shape index (κ1) is 28.4. The SMILES string of the molecule is Cn1nnn(-c2cc(Nc3ncc(C#N)c(NC4CC5CCCN5C(C)(C)C4)n3)c(F)cc2OCC(C)(C)F)c1=O. The zero-order valence-corrected chi connectivity index (χ0v) is 23.8. The van der Waals surface area contributed by atoms with Crippen molar-refractivity contribution in [3.8, 4) is 17.5 Å². The molecule has 2 fully saturated rings. The molecule has 1 aromatic carbocycles. The first-order chi connectivity index (χ1) is 19.3. The van der Waals surface area contributed by atoms with Crippen molar-refractivity contribution in [1.82, 2.24) is 34.7 Å². The number of fused-ring (bicyclic) bond motifs is 1. The van der Waals surface area contributed by atoms with Crippen LogP contribution in [0.4, 0.5) is 26.2 Å². The summed E-state index contributed by atoms with van der Waals surface area (Å²) in [7, 11) is 1.41. The van der Waals surface area contributed by atoms with E-state index in [1.165, 1.54) is 39.6 Å². The molecule has 0 spiro atoms. The first-order valence-corrected chi connectivity index (χ1v) is 13.6. The number of rotatable bonds is 8. The van der Waals surface area contributed by atoms with Gasteiger partial charge in [-0.25, -0.2) is 18.6 Å². The van der Waals surface area contributed by atoms with Crippen molar-refractivity contribution >= 4 is 17.5 Å². The van der Waals surface area contributed by atoms with Crippen molar-refractivity contribution < 1.29 is 13.5 Å². The minimum atomic E-state index is -1.71. The largest absolute Gasteiger partial charge is 0.488 e. The summed E-state index contributed by atoms with van der Waals surface area (Å²) >= 11 is 0. The summed E-state index contributed by atoms with van der Waals surface area (Å²) < 4.78 is 36.9. The Labute approximate surface area is 236 Å². The van der Waals surface area contributed by atoms with Crippen molar-refractivity contribution in [1.29, 1.82) is 5.26 Å². The molecular formula is C27H34F2N10O2. The van der Waals surface area contributed by atoms with Gasteiger partial charge in [-0.2, -0.15) is 19.6 Å². The fraction of sp³-hybridized carbons (Fsp3) is 0.556. The molecule has 2 aliphatic heterocycles. The van der Waals surface area contributed by atoms with Crippen molar-refractivity contribution in [2.24, 2.45) is 7.05 Å². The Kier molecular flexibility index (Phi) is 7.41. The summed E-state index contributed by atoms with van der Waals surface area (Å²) in [6.07, 6.45) is 5.50. The van der Waals surface area contributed by atoms with E-state index in [4.69, 9.17) is 4.74 Å². The third-order valence-corrected chi connectivity index (χ3v) is 7.52. The molecule has 3 aromatic rings. The van der Waals surface area contributed by atoms with E-state index in [9.17, 15) is 14.4 Å². The molecule has 2 aliphatic rings. The van der Waals surface area contributed by atoms with E-state index in [2.05, 4.69) is 55.8 Å². The van der Waals surface area contributed by atoms with Crippen molar-refractivity contribution in [3.05, 3.63) is 40.2 Å². The number of ether oxygens (including phenoxy) is 1. The molecule has 0 radical (unpaired) electrons. The zero-order chi connectivity index (χ0) is 29.5. The number of nitrogens with zero attached hydrogens (tertiary/aromatic N) is 8. The van der Waals surface area contributed by atoms with Crippen LogP contribution in [0.5, 0.6) is 5.75 Å². The Morgan fingerprint density at radius 3 is 2.76 bits per heavy atom. The topological polar surface area (TPSA) is 139 Å². The van der Waals surface area contributed by atoms with E-state index in [1.807, 2.05) is 0 Å². The van der Waals surface area contributed by atoms with Crippen LogP contribution in [0.2, 0.25) is 0 Å². The average molecular weight is 569 g/mol. The van der Waals surface area contributed by atoms with E-state index in [1.54, 1.807) is 0 Å². The van der Waals surface area contributed by atoms with Crippen LogP contribution in [0, 0.1) is 17.1 Å². The molecule has 12 nitrogen and oxygen atoms in total. The van der Waals surface area contributed by atoms with Gasteiger partial charge >= 0.3 is 5.69 Å². The molecule has 2 unspecified atom stereocenters. The van der Waals surface area contributed by atoms with Gasteiger partial charge in [0.2, 0.25) is 5.95 Å². The first-order valence-electron chi connectivity index (χ1n) is 13.6. The normalized spacial score (nSPS) is 20.3. The van der Waals surface area contributed by atoms with Crippen LogP contribution in [-0.2, 0) is 7.05 Å². The number of aromatic nitrogens is 6. The summed E-state index contributed by atoms with van der Waals surface area (Å²) in [4.78, 5) is 23.9. The van der Waals surface area contributed by atoms with Crippen LogP contribution in [0.25, 0.3) is 5.69 Å². The zero-order valence-electron chi connectivity index (χ0n) is 23.8. The number of hydrogen-bond donors (Lipinski definition) is 2. The van der Waals surface area contributed by atoms with Crippen LogP contribution in [0.15, 0.2) is 23.1 Å². The van der Waals surface area contributed by atoms with Crippen molar-refractivity contribution in [2.45, 2.75) is 76.7 Å². The number of nitriles is 1. The smallest absolute Gasteiger partial charge is 0.368 e. The van der Waals surface area contributed by atoms with Gasteiger partial charge in [0.15, 0.2) is 5.82 Å². The maximum Gasteiger partial charge on any atom is 0.368 e. The van der Waals surface area contributed by atoms with Crippen LogP contribution in [0.1, 0.15) is 58.9 Å². The number of nitrogens with one attached hydrogen (secondary N) is 2. The van der Waals surface area contributed by atoms with Gasteiger partial charge in [-0.15, -0.1) is 0 Å². The second-order valence-electron chi connectivity index (χ2n) is 11.9. The van der Waals surface area contributed by atoms with Gasteiger partial charge in [0.25, 0.3) is 0 Å². The van der Waals surface area contributed by atoms with E-state index in [0.717, 1.165) is 41.2 Å². The lowest BCUT2D eigenvalue weighted by Crippen LogP contribution is -2.55. The number of hydrogen-bond acceptors (Lipinski definition) is 10. The van der Waals surface area contributed by atoms with Crippen LogP contribution in [-0.4, -0.2) is 71.1 Å². The third-order valence-electron chi connectivity index (χ3n) is 7.52. The molecule has 0 aliphatic carbocycles. The lowest BCUT2D eigenvalue weighted by atomic mass is 9.84. The molecule has 2 N–H and O–H groups in total. The predicted octanol–water partition coefficient (Wildman–Crippen LogP) is 3.45. The number of anilines is 3. The number of benzene rings is 1. The Hall–Kier alpha value is -4.12. The average Bonchev–Trinajstić information content (AvgIpc) is 3.51. The Morgan fingerprint density at radius 2 is 2.07 bits per heavy atom. The van der Waals surface area contributed by atoms with Gasteiger partial charge in [-0.05, 0) is 76.4 Å². The number of piperidine rings is 1. The van der Waals surface area contributed by atoms with Gasteiger partial charge in [0.1, 0.15) is 41.2 Å². The van der Waals surface area contributed by atoms with Gasteiger partial charge in [-0.3, -0.25) is 4.90 Å².